The Labute approximate surface area is 92.7 Å². The Bertz CT molecular complexity index is 393. The normalized spacial score (nSPS) is 9.81. The molecule has 0 radical (unpaired) electrons. The fraction of sp³-hybridized carbons (Fsp3) is 0.300. The second-order valence-corrected chi connectivity index (χ2v) is 3.10. The monoisotopic (exact) mass is 223 g/mol. The van der Waals surface area contributed by atoms with Gasteiger partial charge in [-0.25, -0.2) is 9.78 Å². The molecule has 3 N–H and O–H groups in total. The van der Waals surface area contributed by atoms with Crippen molar-refractivity contribution >= 4 is 11.9 Å². The lowest BCUT2D eigenvalue weighted by Crippen LogP contribution is -2.31. The van der Waals surface area contributed by atoms with Crippen LogP contribution >= 0.6 is 0 Å². The van der Waals surface area contributed by atoms with Crippen LogP contribution in [0, 0.1) is 0 Å². The first-order valence-corrected chi connectivity index (χ1v) is 4.74. The Morgan fingerprint density at radius 2 is 2.19 bits per heavy atom. The molecule has 0 atom stereocenters. The van der Waals surface area contributed by atoms with E-state index in [2.05, 4.69) is 15.6 Å². The highest BCUT2D eigenvalue weighted by Gasteiger charge is 2.05. The van der Waals surface area contributed by atoms with Crippen LogP contribution in [0.2, 0.25) is 0 Å². The summed E-state index contributed by atoms with van der Waals surface area (Å²) in [7, 11) is 1.55. The van der Waals surface area contributed by atoms with Crippen LogP contribution < -0.4 is 10.6 Å². The molecule has 1 rings (SSSR count). The molecular weight excluding hydrogens is 210 g/mol. The number of hydrogen-bond acceptors (Lipinski definition) is 4. The molecule has 0 aliphatic rings. The van der Waals surface area contributed by atoms with Gasteiger partial charge in [0, 0.05) is 13.6 Å². The molecule has 1 aromatic heterocycles. The molecule has 0 aliphatic carbocycles. The maximum Gasteiger partial charge on any atom is 0.354 e. The van der Waals surface area contributed by atoms with Crippen molar-refractivity contribution in [3.05, 3.63) is 29.6 Å². The smallest absolute Gasteiger partial charge is 0.354 e. The van der Waals surface area contributed by atoms with Crippen molar-refractivity contribution in [2.45, 2.75) is 6.54 Å². The third-order valence-corrected chi connectivity index (χ3v) is 1.90. The minimum absolute atomic E-state index is 0.000701. The standard InChI is InChI=1S/C10H13N3O3/c1-11-9(14)6-12-5-7-3-2-4-8(13-7)10(15)16/h2-4,12H,5-6H2,1H3,(H,11,14)(H,15,16). The van der Waals surface area contributed by atoms with Crippen LogP contribution in [0.4, 0.5) is 0 Å². The zero-order valence-electron chi connectivity index (χ0n) is 8.86. The molecule has 86 valence electrons. The van der Waals surface area contributed by atoms with Crippen LogP contribution in [-0.4, -0.2) is 35.6 Å². The van der Waals surface area contributed by atoms with Crippen molar-refractivity contribution in [1.82, 2.24) is 15.6 Å². The molecule has 0 unspecified atom stereocenters. The highest BCUT2D eigenvalue weighted by Crippen LogP contribution is 1.98. The van der Waals surface area contributed by atoms with Gasteiger partial charge in [0.2, 0.25) is 5.91 Å². The van der Waals surface area contributed by atoms with Gasteiger partial charge < -0.3 is 15.7 Å². The Morgan fingerprint density at radius 1 is 1.44 bits per heavy atom. The van der Waals surface area contributed by atoms with E-state index in [4.69, 9.17) is 5.11 Å². The minimum Gasteiger partial charge on any atom is -0.477 e. The number of hydrogen-bond donors (Lipinski definition) is 3. The molecule has 16 heavy (non-hydrogen) atoms. The quantitative estimate of drug-likeness (QED) is 0.632. The van der Waals surface area contributed by atoms with Crippen LogP contribution in [-0.2, 0) is 11.3 Å². The summed E-state index contributed by atoms with van der Waals surface area (Å²) in [6, 6.07) is 4.74. The summed E-state index contributed by atoms with van der Waals surface area (Å²) in [5.74, 6) is -1.19. The van der Waals surface area contributed by atoms with Gasteiger partial charge in [0.25, 0.3) is 0 Å². The van der Waals surface area contributed by atoms with Gasteiger partial charge in [-0.05, 0) is 12.1 Å². The van der Waals surface area contributed by atoms with Crippen LogP contribution in [0.15, 0.2) is 18.2 Å². The van der Waals surface area contributed by atoms with Gasteiger partial charge in [0.05, 0.1) is 12.2 Å². The second kappa shape index (κ2) is 5.82. The maximum absolute atomic E-state index is 10.9. The van der Waals surface area contributed by atoms with E-state index >= 15 is 0 Å². The number of carbonyl (C=O) groups excluding carboxylic acids is 1. The lowest BCUT2D eigenvalue weighted by molar-refractivity contribution is -0.119. The molecule has 6 nitrogen and oxygen atoms in total. The van der Waals surface area contributed by atoms with E-state index in [1.54, 1.807) is 19.2 Å². The van der Waals surface area contributed by atoms with Gasteiger partial charge in [0.15, 0.2) is 0 Å². The zero-order chi connectivity index (χ0) is 12.0. The Kier molecular flexibility index (Phi) is 4.41. The number of carboxylic acids is 1. The molecular formula is C10H13N3O3. The molecule has 6 heteroatoms. The van der Waals surface area contributed by atoms with Crippen molar-refractivity contribution in [2.75, 3.05) is 13.6 Å². The number of aromatic carboxylic acids is 1. The topological polar surface area (TPSA) is 91.3 Å². The second-order valence-electron chi connectivity index (χ2n) is 3.10. The number of nitrogens with zero attached hydrogens (tertiary/aromatic N) is 1. The van der Waals surface area contributed by atoms with Crippen molar-refractivity contribution in [2.24, 2.45) is 0 Å². The van der Waals surface area contributed by atoms with E-state index in [-0.39, 0.29) is 18.1 Å². The number of pyridine rings is 1. The summed E-state index contributed by atoms with van der Waals surface area (Å²) < 4.78 is 0. The lowest BCUT2D eigenvalue weighted by atomic mass is 10.3. The molecule has 0 aliphatic heterocycles. The SMILES string of the molecule is CNC(=O)CNCc1cccc(C(=O)O)n1. The Balaban J connectivity index is 2.51. The van der Waals surface area contributed by atoms with Crippen LogP contribution in [0.25, 0.3) is 0 Å². The van der Waals surface area contributed by atoms with Crippen molar-refractivity contribution in [1.29, 1.82) is 0 Å². The predicted octanol–water partition coefficient (Wildman–Crippen LogP) is -0.385. The summed E-state index contributed by atoms with van der Waals surface area (Å²) >= 11 is 0. The third-order valence-electron chi connectivity index (χ3n) is 1.90. The fourth-order valence-corrected chi connectivity index (χ4v) is 1.09. The van der Waals surface area contributed by atoms with Crippen LogP contribution in [0.3, 0.4) is 0 Å². The zero-order valence-corrected chi connectivity index (χ0v) is 8.86. The highest BCUT2D eigenvalue weighted by molar-refractivity contribution is 5.85. The molecule has 0 saturated heterocycles. The molecule has 1 aromatic rings. The van der Waals surface area contributed by atoms with Crippen molar-refractivity contribution in [3.63, 3.8) is 0 Å². The molecule has 0 spiro atoms. The average molecular weight is 223 g/mol. The van der Waals surface area contributed by atoms with Gasteiger partial charge in [-0.15, -0.1) is 0 Å². The highest BCUT2D eigenvalue weighted by atomic mass is 16.4. The number of rotatable bonds is 5. The maximum atomic E-state index is 10.9. The summed E-state index contributed by atoms with van der Waals surface area (Å²) in [5, 5.41) is 14.0. The fourth-order valence-electron chi connectivity index (χ4n) is 1.09. The van der Waals surface area contributed by atoms with Gasteiger partial charge in [0.1, 0.15) is 5.69 Å². The van der Waals surface area contributed by atoms with E-state index in [1.807, 2.05) is 0 Å². The van der Waals surface area contributed by atoms with E-state index in [0.717, 1.165) is 0 Å². The van der Waals surface area contributed by atoms with Gasteiger partial charge in [-0.2, -0.15) is 0 Å². The lowest BCUT2D eigenvalue weighted by Gasteiger charge is -2.03. The molecule has 0 aromatic carbocycles. The van der Waals surface area contributed by atoms with Gasteiger partial charge in [-0.1, -0.05) is 6.07 Å². The summed E-state index contributed by atoms with van der Waals surface area (Å²) in [4.78, 5) is 25.4. The predicted molar refractivity (Wildman–Crippen MR) is 57.0 cm³/mol. The molecule has 1 heterocycles. The third kappa shape index (κ3) is 3.66. The Hall–Kier alpha value is -1.95. The summed E-state index contributed by atoms with van der Waals surface area (Å²) in [6.07, 6.45) is 0. The largest absolute Gasteiger partial charge is 0.477 e. The number of nitrogens with one attached hydrogen (secondary N) is 2. The molecule has 1 amide bonds. The molecule has 0 saturated carbocycles. The van der Waals surface area contributed by atoms with Gasteiger partial charge in [-0.3, -0.25) is 4.79 Å². The molecule has 0 bridgehead atoms. The first-order valence-electron chi connectivity index (χ1n) is 4.74. The number of carboxylic acid groups (broad SMARTS) is 1. The summed E-state index contributed by atoms with van der Waals surface area (Å²) in [5.41, 5.74) is 0.586. The van der Waals surface area contributed by atoms with Crippen LogP contribution in [0.1, 0.15) is 16.2 Å². The van der Waals surface area contributed by atoms with Crippen LogP contribution in [0.5, 0.6) is 0 Å². The number of amides is 1. The van der Waals surface area contributed by atoms with Crippen molar-refractivity contribution < 1.29 is 14.7 Å². The summed E-state index contributed by atoms with van der Waals surface area (Å²) in [6.45, 7) is 0.532. The first kappa shape index (κ1) is 12.1. The van der Waals surface area contributed by atoms with E-state index in [0.29, 0.717) is 12.2 Å². The minimum atomic E-state index is -1.06. The Morgan fingerprint density at radius 3 is 2.81 bits per heavy atom. The first-order chi connectivity index (χ1) is 7.63. The van der Waals surface area contributed by atoms with E-state index < -0.39 is 5.97 Å². The molecule has 0 fully saturated rings. The number of likely N-dealkylation sites (N-methyl/N-ethyl adjacent to an activating group) is 1. The number of aromatic nitrogens is 1. The van der Waals surface area contributed by atoms with E-state index in [1.165, 1.54) is 6.07 Å². The van der Waals surface area contributed by atoms with Gasteiger partial charge >= 0.3 is 5.97 Å². The van der Waals surface area contributed by atoms with Crippen molar-refractivity contribution in [3.8, 4) is 0 Å². The number of carbonyl (C=O) groups is 2. The average Bonchev–Trinajstić information content (AvgIpc) is 2.29. The van der Waals surface area contributed by atoms with E-state index in [9.17, 15) is 9.59 Å².